The summed E-state index contributed by atoms with van der Waals surface area (Å²) in [5, 5.41) is 5.24. The molecule has 1 heterocycles. The van der Waals surface area contributed by atoms with Gasteiger partial charge in [0.05, 0.1) is 0 Å². The van der Waals surface area contributed by atoms with Crippen LogP contribution in [0.4, 0.5) is 4.39 Å². The second-order valence-corrected chi connectivity index (χ2v) is 7.41. The summed E-state index contributed by atoms with van der Waals surface area (Å²) in [6.07, 6.45) is 2.90. The molecule has 0 atom stereocenters. The smallest absolute Gasteiger partial charge is 0.257 e. The highest BCUT2D eigenvalue weighted by molar-refractivity contribution is 5.99. The molecule has 0 spiro atoms. The van der Waals surface area contributed by atoms with Crippen molar-refractivity contribution in [2.75, 3.05) is 0 Å². The molecule has 0 saturated carbocycles. The van der Waals surface area contributed by atoms with Gasteiger partial charge in [-0.25, -0.2) is 4.39 Å². The maximum absolute atomic E-state index is 13.8. The third kappa shape index (κ3) is 5.52. The average molecular weight is 387 g/mol. The van der Waals surface area contributed by atoms with Crippen molar-refractivity contribution < 1.29 is 14.0 Å². The van der Waals surface area contributed by atoms with E-state index in [-0.39, 0.29) is 29.6 Å². The summed E-state index contributed by atoms with van der Waals surface area (Å²) in [6, 6.07) is 5.93. The minimum Gasteiger partial charge on any atom is -0.352 e. The van der Waals surface area contributed by atoms with Gasteiger partial charge in [-0.05, 0) is 25.8 Å². The fourth-order valence-corrected chi connectivity index (χ4v) is 2.73. The third-order valence-electron chi connectivity index (χ3n) is 3.96. The van der Waals surface area contributed by atoms with Gasteiger partial charge in [0, 0.05) is 37.1 Å². The second-order valence-electron chi connectivity index (χ2n) is 7.41. The van der Waals surface area contributed by atoms with Gasteiger partial charge in [0.2, 0.25) is 5.43 Å². The minimum atomic E-state index is -0.649. The van der Waals surface area contributed by atoms with Gasteiger partial charge >= 0.3 is 0 Å². The summed E-state index contributed by atoms with van der Waals surface area (Å²) in [5.74, 6) is -1.37. The highest BCUT2D eigenvalue weighted by Gasteiger charge is 2.20. The zero-order chi connectivity index (χ0) is 20.8. The SMILES string of the molecule is CC(C)Cn1cc(C(=O)NCc2ccccc2F)c(=O)c(C(=O)NC(C)C)c1. The van der Waals surface area contributed by atoms with Crippen LogP contribution in [0.5, 0.6) is 0 Å². The Morgan fingerprint density at radius 2 is 1.64 bits per heavy atom. The lowest BCUT2D eigenvalue weighted by atomic mass is 10.1. The number of rotatable bonds is 7. The summed E-state index contributed by atoms with van der Waals surface area (Å²) in [4.78, 5) is 37.8. The van der Waals surface area contributed by atoms with Crippen molar-refractivity contribution in [3.8, 4) is 0 Å². The molecule has 2 rings (SSSR count). The van der Waals surface area contributed by atoms with E-state index in [9.17, 15) is 18.8 Å². The molecule has 0 aliphatic heterocycles. The molecule has 0 aliphatic carbocycles. The third-order valence-corrected chi connectivity index (χ3v) is 3.96. The van der Waals surface area contributed by atoms with Gasteiger partial charge in [0.1, 0.15) is 16.9 Å². The standard InChI is InChI=1S/C21H26FN3O3/c1-13(2)10-25-11-16(19(26)17(12-25)21(28)24-14(3)4)20(27)23-9-15-7-5-6-8-18(15)22/h5-8,11-14H,9-10H2,1-4H3,(H,23,27)(H,24,28). The summed E-state index contributed by atoms with van der Waals surface area (Å²) in [7, 11) is 0. The van der Waals surface area contributed by atoms with Gasteiger partial charge in [-0.15, -0.1) is 0 Å². The number of pyridine rings is 1. The van der Waals surface area contributed by atoms with E-state index in [0.717, 1.165) is 0 Å². The van der Waals surface area contributed by atoms with Crippen LogP contribution in [0.15, 0.2) is 41.5 Å². The molecule has 2 aromatic rings. The first kappa shape index (κ1) is 21.3. The zero-order valence-corrected chi connectivity index (χ0v) is 16.6. The van der Waals surface area contributed by atoms with Gasteiger partial charge in [0.15, 0.2) is 0 Å². The number of halogens is 1. The number of nitrogens with zero attached hydrogens (tertiary/aromatic N) is 1. The predicted molar refractivity (Wildman–Crippen MR) is 106 cm³/mol. The first-order chi connectivity index (χ1) is 13.2. The molecule has 150 valence electrons. The lowest BCUT2D eigenvalue weighted by molar-refractivity contribution is 0.0941. The lowest BCUT2D eigenvalue weighted by Gasteiger charge is -2.15. The molecule has 1 aromatic heterocycles. The molecule has 28 heavy (non-hydrogen) atoms. The first-order valence-corrected chi connectivity index (χ1v) is 9.25. The lowest BCUT2D eigenvalue weighted by Crippen LogP contribution is -2.37. The Hall–Kier alpha value is -2.96. The van der Waals surface area contributed by atoms with E-state index in [0.29, 0.717) is 12.1 Å². The van der Waals surface area contributed by atoms with Crippen LogP contribution >= 0.6 is 0 Å². The quantitative estimate of drug-likeness (QED) is 0.767. The molecule has 0 fully saturated rings. The van der Waals surface area contributed by atoms with Gasteiger partial charge in [-0.3, -0.25) is 14.4 Å². The fraction of sp³-hybridized carbons (Fsp3) is 0.381. The predicted octanol–water partition coefficient (Wildman–Crippen LogP) is 2.71. The first-order valence-electron chi connectivity index (χ1n) is 9.25. The van der Waals surface area contributed by atoms with Crippen molar-refractivity contribution in [3.05, 3.63) is 69.4 Å². The number of carbonyl (C=O) groups excluding carboxylic acids is 2. The summed E-state index contributed by atoms with van der Waals surface area (Å²) in [6.45, 7) is 8.03. The van der Waals surface area contributed by atoms with Crippen molar-refractivity contribution in [2.24, 2.45) is 5.92 Å². The Labute approximate surface area is 163 Å². The van der Waals surface area contributed by atoms with Crippen LogP contribution in [0, 0.1) is 11.7 Å². The van der Waals surface area contributed by atoms with E-state index in [2.05, 4.69) is 10.6 Å². The Morgan fingerprint density at radius 3 is 2.21 bits per heavy atom. The normalized spacial score (nSPS) is 11.0. The molecule has 6 nitrogen and oxygen atoms in total. The van der Waals surface area contributed by atoms with Gasteiger partial charge < -0.3 is 15.2 Å². The van der Waals surface area contributed by atoms with Crippen molar-refractivity contribution in [2.45, 2.75) is 46.8 Å². The maximum Gasteiger partial charge on any atom is 0.257 e. The maximum atomic E-state index is 13.8. The van der Waals surface area contributed by atoms with E-state index >= 15 is 0 Å². The number of hydrogen-bond acceptors (Lipinski definition) is 3. The zero-order valence-electron chi connectivity index (χ0n) is 16.6. The highest BCUT2D eigenvalue weighted by Crippen LogP contribution is 2.07. The number of aromatic nitrogens is 1. The minimum absolute atomic E-state index is 0.0580. The molecule has 0 radical (unpaired) electrons. The van der Waals surface area contributed by atoms with Gasteiger partial charge in [0.25, 0.3) is 11.8 Å². The highest BCUT2D eigenvalue weighted by atomic mass is 19.1. The Bertz CT molecular complexity index is 919. The number of benzene rings is 1. The van der Waals surface area contributed by atoms with Crippen molar-refractivity contribution in [3.63, 3.8) is 0 Å². The number of hydrogen-bond donors (Lipinski definition) is 2. The molecule has 2 amide bonds. The fourth-order valence-electron chi connectivity index (χ4n) is 2.73. The molecular formula is C21H26FN3O3. The molecule has 0 saturated heterocycles. The molecule has 1 aromatic carbocycles. The van der Waals surface area contributed by atoms with Gasteiger partial charge in [-0.2, -0.15) is 0 Å². The van der Waals surface area contributed by atoms with E-state index in [4.69, 9.17) is 0 Å². The Kier molecular flexibility index (Phi) is 7.09. The van der Waals surface area contributed by atoms with Crippen molar-refractivity contribution in [1.82, 2.24) is 15.2 Å². The van der Waals surface area contributed by atoms with Crippen LogP contribution in [0.2, 0.25) is 0 Å². The number of amides is 2. The van der Waals surface area contributed by atoms with E-state index in [1.807, 2.05) is 13.8 Å². The summed E-state index contributed by atoms with van der Waals surface area (Å²) < 4.78 is 15.4. The summed E-state index contributed by atoms with van der Waals surface area (Å²) >= 11 is 0. The van der Waals surface area contributed by atoms with Crippen molar-refractivity contribution >= 4 is 11.8 Å². The van der Waals surface area contributed by atoms with Crippen LogP contribution in [0.3, 0.4) is 0 Å². The number of carbonyl (C=O) groups is 2. The van der Waals surface area contributed by atoms with Crippen molar-refractivity contribution in [1.29, 1.82) is 0 Å². The van der Waals surface area contributed by atoms with Crippen LogP contribution < -0.4 is 16.1 Å². The molecule has 7 heteroatoms. The van der Waals surface area contributed by atoms with E-state index in [1.54, 1.807) is 36.6 Å². The molecule has 0 bridgehead atoms. The average Bonchev–Trinajstić information content (AvgIpc) is 2.61. The molecule has 0 unspecified atom stereocenters. The van der Waals surface area contributed by atoms with Crippen LogP contribution in [-0.2, 0) is 13.1 Å². The van der Waals surface area contributed by atoms with Gasteiger partial charge in [-0.1, -0.05) is 32.0 Å². The largest absolute Gasteiger partial charge is 0.352 e. The monoisotopic (exact) mass is 387 g/mol. The van der Waals surface area contributed by atoms with E-state index in [1.165, 1.54) is 18.5 Å². The van der Waals surface area contributed by atoms with E-state index < -0.39 is 23.1 Å². The Balaban J connectivity index is 2.35. The molecular weight excluding hydrogens is 361 g/mol. The van der Waals surface area contributed by atoms with Crippen LogP contribution in [0.1, 0.15) is 54.0 Å². The molecule has 0 aliphatic rings. The topological polar surface area (TPSA) is 80.2 Å². The number of nitrogens with one attached hydrogen (secondary N) is 2. The Morgan fingerprint density at radius 1 is 1.04 bits per heavy atom. The molecule has 2 N–H and O–H groups in total. The summed E-state index contributed by atoms with van der Waals surface area (Å²) in [5.41, 5.74) is -0.572. The van der Waals surface area contributed by atoms with Crippen LogP contribution in [-0.4, -0.2) is 22.4 Å². The second kappa shape index (κ2) is 9.30. The van der Waals surface area contributed by atoms with Crippen LogP contribution in [0.25, 0.3) is 0 Å².